The lowest BCUT2D eigenvalue weighted by atomic mass is 10.0. The third kappa shape index (κ3) is 2.94. The second kappa shape index (κ2) is 5.81. The number of benzene rings is 1. The van der Waals surface area contributed by atoms with Gasteiger partial charge >= 0.3 is 0 Å². The molecule has 20 heavy (non-hydrogen) atoms. The molecule has 2 N–H and O–H groups in total. The van der Waals surface area contributed by atoms with E-state index < -0.39 is 5.60 Å². The van der Waals surface area contributed by atoms with Crippen LogP contribution in [0, 0.1) is 6.92 Å². The predicted octanol–water partition coefficient (Wildman–Crippen LogP) is 1.47. The average Bonchev–Trinajstić information content (AvgIpc) is 2.39. The van der Waals surface area contributed by atoms with Crippen LogP contribution in [0.25, 0.3) is 0 Å². The summed E-state index contributed by atoms with van der Waals surface area (Å²) in [5, 5.41) is 0. The van der Waals surface area contributed by atoms with Crippen LogP contribution in [-0.2, 0) is 9.53 Å². The number of aryl methyl sites for hydroxylation is 1. The zero-order chi connectivity index (χ0) is 14.8. The molecule has 1 amide bonds. The molecule has 1 heterocycles. The fourth-order valence-electron chi connectivity index (χ4n) is 2.24. The molecular formula is C15H22N2O3. The van der Waals surface area contributed by atoms with Crippen molar-refractivity contribution in [1.29, 1.82) is 0 Å². The smallest absolute Gasteiger partial charge is 0.270 e. The number of hydrogen-bond donors (Lipinski definition) is 1. The first-order valence-corrected chi connectivity index (χ1v) is 6.85. The number of amides is 1. The number of ether oxygens (including phenoxy) is 2. The van der Waals surface area contributed by atoms with Crippen LogP contribution in [0.3, 0.4) is 0 Å². The monoisotopic (exact) mass is 278 g/mol. The lowest BCUT2D eigenvalue weighted by molar-refractivity contribution is -0.132. The minimum atomic E-state index is -0.851. The number of carbonyl (C=O) groups excluding carboxylic acids is 1. The van der Waals surface area contributed by atoms with Crippen LogP contribution in [0.5, 0.6) is 5.75 Å². The molecule has 0 fully saturated rings. The molecule has 0 spiro atoms. The van der Waals surface area contributed by atoms with Gasteiger partial charge in [-0.1, -0.05) is 6.07 Å². The molecule has 2 rings (SSSR count). The van der Waals surface area contributed by atoms with Crippen LogP contribution in [0.15, 0.2) is 18.2 Å². The van der Waals surface area contributed by atoms with Gasteiger partial charge in [0.1, 0.15) is 5.75 Å². The van der Waals surface area contributed by atoms with Crippen molar-refractivity contribution >= 4 is 11.6 Å². The van der Waals surface area contributed by atoms with Crippen LogP contribution in [0.2, 0.25) is 0 Å². The molecule has 0 aromatic heterocycles. The molecule has 5 heteroatoms. The van der Waals surface area contributed by atoms with E-state index in [9.17, 15) is 4.79 Å². The second-order valence-electron chi connectivity index (χ2n) is 5.44. The molecule has 0 radical (unpaired) electrons. The summed E-state index contributed by atoms with van der Waals surface area (Å²) >= 11 is 0. The minimum Gasteiger partial charge on any atom is -0.476 e. The maximum Gasteiger partial charge on any atom is 0.270 e. The van der Waals surface area contributed by atoms with Gasteiger partial charge in [0.25, 0.3) is 5.91 Å². The topological polar surface area (TPSA) is 64.8 Å². The Bertz CT molecular complexity index is 500. The summed E-state index contributed by atoms with van der Waals surface area (Å²) < 4.78 is 11.2. The number of hydrogen-bond acceptors (Lipinski definition) is 4. The van der Waals surface area contributed by atoms with E-state index in [1.165, 1.54) is 0 Å². The standard InChI is InChI=1S/C15H22N2O3/c1-11-4-5-13-12(10-11)17(7-9-19-8-6-16)14(18)15(2,3)20-13/h4-5,10H,6-9,16H2,1-3H3. The zero-order valence-electron chi connectivity index (χ0n) is 12.3. The van der Waals surface area contributed by atoms with Gasteiger partial charge in [-0.2, -0.15) is 0 Å². The highest BCUT2D eigenvalue weighted by molar-refractivity contribution is 6.02. The Morgan fingerprint density at radius 1 is 1.35 bits per heavy atom. The van der Waals surface area contributed by atoms with E-state index in [4.69, 9.17) is 15.2 Å². The van der Waals surface area contributed by atoms with Crippen molar-refractivity contribution in [2.24, 2.45) is 5.73 Å². The molecule has 110 valence electrons. The summed E-state index contributed by atoms with van der Waals surface area (Å²) in [5.74, 6) is 0.686. The van der Waals surface area contributed by atoms with Gasteiger partial charge in [0.2, 0.25) is 0 Å². The maximum atomic E-state index is 12.5. The summed E-state index contributed by atoms with van der Waals surface area (Å²) in [7, 11) is 0. The van der Waals surface area contributed by atoms with Gasteiger partial charge in [0, 0.05) is 13.1 Å². The fraction of sp³-hybridized carbons (Fsp3) is 0.533. The van der Waals surface area contributed by atoms with Crippen molar-refractivity contribution in [2.75, 3.05) is 31.2 Å². The Balaban J connectivity index is 2.23. The SMILES string of the molecule is Cc1ccc2c(c1)N(CCOCCN)C(=O)C(C)(C)O2. The summed E-state index contributed by atoms with van der Waals surface area (Å²) in [5.41, 5.74) is 6.44. The molecule has 1 aliphatic heterocycles. The van der Waals surface area contributed by atoms with Crippen LogP contribution >= 0.6 is 0 Å². The Morgan fingerprint density at radius 3 is 2.80 bits per heavy atom. The Kier molecular flexibility index (Phi) is 4.30. The molecule has 0 atom stereocenters. The number of fused-ring (bicyclic) bond motifs is 1. The first kappa shape index (κ1) is 14.8. The molecule has 1 aromatic rings. The first-order chi connectivity index (χ1) is 9.45. The number of nitrogens with two attached hydrogens (primary N) is 1. The van der Waals surface area contributed by atoms with Gasteiger partial charge in [0.05, 0.1) is 18.9 Å². The number of rotatable bonds is 5. The zero-order valence-corrected chi connectivity index (χ0v) is 12.3. The van der Waals surface area contributed by atoms with Gasteiger partial charge in [-0.3, -0.25) is 4.79 Å². The van der Waals surface area contributed by atoms with Crippen LogP contribution in [0.1, 0.15) is 19.4 Å². The summed E-state index contributed by atoms with van der Waals surface area (Å²) in [6, 6.07) is 5.85. The number of nitrogens with zero attached hydrogens (tertiary/aromatic N) is 1. The van der Waals surface area contributed by atoms with E-state index in [-0.39, 0.29) is 5.91 Å². The summed E-state index contributed by atoms with van der Waals surface area (Å²) in [6.07, 6.45) is 0. The largest absolute Gasteiger partial charge is 0.476 e. The number of anilines is 1. The van der Waals surface area contributed by atoms with E-state index >= 15 is 0 Å². The third-order valence-corrected chi connectivity index (χ3v) is 3.25. The predicted molar refractivity (Wildman–Crippen MR) is 78.1 cm³/mol. The molecular weight excluding hydrogens is 256 g/mol. The van der Waals surface area contributed by atoms with Gasteiger partial charge < -0.3 is 20.1 Å². The highest BCUT2D eigenvalue weighted by Gasteiger charge is 2.40. The van der Waals surface area contributed by atoms with Crippen LogP contribution < -0.4 is 15.4 Å². The van der Waals surface area contributed by atoms with E-state index in [1.807, 2.05) is 25.1 Å². The maximum absolute atomic E-state index is 12.5. The van der Waals surface area contributed by atoms with E-state index in [0.717, 1.165) is 17.0 Å². The lowest BCUT2D eigenvalue weighted by Crippen LogP contribution is -2.53. The van der Waals surface area contributed by atoms with Gasteiger partial charge in [-0.25, -0.2) is 0 Å². The molecule has 0 saturated carbocycles. The van der Waals surface area contributed by atoms with Gasteiger partial charge in [-0.05, 0) is 38.5 Å². The molecule has 1 aromatic carbocycles. The molecule has 0 aliphatic carbocycles. The molecule has 0 saturated heterocycles. The van der Waals surface area contributed by atoms with E-state index in [0.29, 0.717) is 26.3 Å². The average molecular weight is 278 g/mol. The lowest BCUT2D eigenvalue weighted by Gasteiger charge is -2.38. The van der Waals surface area contributed by atoms with Gasteiger partial charge in [-0.15, -0.1) is 0 Å². The van der Waals surface area contributed by atoms with Crippen molar-refractivity contribution < 1.29 is 14.3 Å². The van der Waals surface area contributed by atoms with Crippen molar-refractivity contribution in [3.8, 4) is 5.75 Å². The van der Waals surface area contributed by atoms with E-state index in [2.05, 4.69) is 0 Å². The highest BCUT2D eigenvalue weighted by Crippen LogP contribution is 2.38. The highest BCUT2D eigenvalue weighted by atomic mass is 16.5. The molecule has 5 nitrogen and oxygen atoms in total. The number of carbonyl (C=O) groups is 1. The summed E-state index contributed by atoms with van der Waals surface area (Å²) in [6.45, 7) is 7.51. The second-order valence-corrected chi connectivity index (χ2v) is 5.44. The van der Waals surface area contributed by atoms with Crippen LogP contribution in [0.4, 0.5) is 5.69 Å². The minimum absolute atomic E-state index is 0.0491. The van der Waals surface area contributed by atoms with Crippen LogP contribution in [-0.4, -0.2) is 37.8 Å². The van der Waals surface area contributed by atoms with E-state index in [1.54, 1.807) is 18.7 Å². The normalized spacial score (nSPS) is 16.8. The Hall–Kier alpha value is -1.59. The van der Waals surface area contributed by atoms with Crippen molar-refractivity contribution in [1.82, 2.24) is 0 Å². The summed E-state index contributed by atoms with van der Waals surface area (Å²) in [4.78, 5) is 14.2. The molecule has 0 unspecified atom stereocenters. The third-order valence-electron chi connectivity index (χ3n) is 3.25. The molecule has 0 bridgehead atoms. The van der Waals surface area contributed by atoms with Crippen molar-refractivity contribution in [2.45, 2.75) is 26.4 Å². The first-order valence-electron chi connectivity index (χ1n) is 6.85. The quantitative estimate of drug-likeness (QED) is 0.828. The fourth-order valence-corrected chi connectivity index (χ4v) is 2.24. The van der Waals surface area contributed by atoms with Crippen molar-refractivity contribution in [3.63, 3.8) is 0 Å². The van der Waals surface area contributed by atoms with Gasteiger partial charge in [0.15, 0.2) is 5.60 Å². The Labute approximate surface area is 119 Å². The van der Waals surface area contributed by atoms with Crippen molar-refractivity contribution in [3.05, 3.63) is 23.8 Å². The Morgan fingerprint density at radius 2 is 2.10 bits per heavy atom. The molecule has 1 aliphatic rings.